The molecule has 2 aromatic rings. The first kappa shape index (κ1) is 14.8. The first-order valence-corrected chi connectivity index (χ1v) is 7.49. The Labute approximate surface area is 133 Å². The number of pyridine rings is 1. The summed E-state index contributed by atoms with van der Waals surface area (Å²) in [7, 11) is 1.84. The Balaban J connectivity index is 2.25. The van der Waals surface area contributed by atoms with E-state index in [1.165, 1.54) is 0 Å². The van der Waals surface area contributed by atoms with Crippen molar-refractivity contribution in [3.8, 4) is 11.6 Å². The maximum atomic E-state index is 6.06. The molecule has 6 heteroatoms. The summed E-state index contributed by atoms with van der Waals surface area (Å²) in [6, 6.07) is 9.21. The average molecular weight is 407 g/mol. The quantitative estimate of drug-likeness (QED) is 0.794. The van der Waals surface area contributed by atoms with Gasteiger partial charge in [0, 0.05) is 17.1 Å². The van der Waals surface area contributed by atoms with Crippen LogP contribution in [0.5, 0.6) is 11.6 Å². The molecule has 0 saturated heterocycles. The van der Waals surface area contributed by atoms with E-state index in [-0.39, 0.29) is 0 Å². The summed E-state index contributed by atoms with van der Waals surface area (Å²) in [6.07, 6.45) is 0. The predicted molar refractivity (Wildman–Crippen MR) is 83.9 cm³/mol. The molecule has 0 bridgehead atoms. The van der Waals surface area contributed by atoms with Gasteiger partial charge in [0.2, 0.25) is 5.88 Å². The third-order valence-corrected chi connectivity index (χ3v) is 3.80. The Morgan fingerprint density at radius 2 is 2.05 bits per heavy atom. The Bertz CT molecular complexity index is 593. The van der Waals surface area contributed by atoms with Crippen molar-refractivity contribution in [2.75, 3.05) is 7.05 Å². The number of aromatic nitrogens is 1. The van der Waals surface area contributed by atoms with E-state index in [2.05, 4.69) is 42.2 Å². The lowest BCUT2D eigenvalue weighted by atomic mass is 10.3. The van der Waals surface area contributed by atoms with Crippen LogP contribution in [0.4, 0.5) is 0 Å². The van der Waals surface area contributed by atoms with Crippen LogP contribution in [0.1, 0.15) is 5.69 Å². The van der Waals surface area contributed by atoms with Gasteiger partial charge >= 0.3 is 0 Å². The van der Waals surface area contributed by atoms with Crippen LogP contribution in [0.25, 0.3) is 0 Å². The van der Waals surface area contributed by atoms with Crippen LogP contribution in [0.3, 0.4) is 0 Å². The number of rotatable bonds is 4. The molecule has 3 nitrogen and oxygen atoms in total. The summed E-state index contributed by atoms with van der Waals surface area (Å²) in [5, 5.41) is 3.64. The number of halogens is 3. The Hall–Kier alpha value is -0.620. The lowest BCUT2D eigenvalue weighted by Gasteiger charge is -2.09. The highest BCUT2D eigenvalue weighted by atomic mass is 79.9. The van der Waals surface area contributed by atoms with Gasteiger partial charge in [-0.3, -0.25) is 0 Å². The van der Waals surface area contributed by atoms with E-state index < -0.39 is 0 Å². The molecule has 100 valence electrons. The van der Waals surface area contributed by atoms with Crippen LogP contribution >= 0.6 is 43.5 Å². The highest BCUT2D eigenvalue weighted by molar-refractivity contribution is 9.11. The van der Waals surface area contributed by atoms with Crippen molar-refractivity contribution in [2.24, 2.45) is 0 Å². The van der Waals surface area contributed by atoms with E-state index >= 15 is 0 Å². The molecule has 2 rings (SSSR count). The van der Waals surface area contributed by atoms with Crippen molar-refractivity contribution in [1.29, 1.82) is 0 Å². The number of hydrogen-bond donors (Lipinski definition) is 1. The van der Waals surface area contributed by atoms with Gasteiger partial charge in [-0.15, -0.1) is 0 Å². The highest BCUT2D eigenvalue weighted by Crippen LogP contribution is 2.32. The number of ether oxygens (including phenoxy) is 1. The van der Waals surface area contributed by atoms with Crippen molar-refractivity contribution in [2.45, 2.75) is 6.54 Å². The fourth-order valence-corrected chi connectivity index (χ4v) is 2.78. The molecule has 0 aliphatic rings. The van der Waals surface area contributed by atoms with E-state index in [9.17, 15) is 0 Å². The fourth-order valence-electron chi connectivity index (χ4n) is 1.48. The molecule has 0 aliphatic heterocycles. The summed E-state index contributed by atoms with van der Waals surface area (Å²) in [5.74, 6) is 1.21. The van der Waals surface area contributed by atoms with Crippen molar-refractivity contribution in [3.05, 3.63) is 50.0 Å². The van der Waals surface area contributed by atoms with E-state index in [0.717, 1.165) is 14.6 Å². The molecule has 0 amide bonds. The third-order valence-electron chi connectivity index (χ3n) is 2.35. The third kappa shape index (κ3) is 3.92. The molecule has 0 fully saturated rings. The van der Waals surface area contributed by atoms with Gasteiger partial charge in [0.05, 0.1) is 15.2 Å². The van der Waals surface area contributed by atoms with Crippen LogP contribution in [-0.2, 0) is 6.54 Å². The Morgan fingerprint density at radius 3 is 2.74 bits per heavy atom. The monoisotopic (exact) mass is 404 g/mol. The molecule has 19 heavy (non-hydrogen) atoms. The van der Waals surface area contributed by atoms with Crippen LogP contribution < -0.4 is 10.1 Å². The number of hydrogen-bond acceptors (Lipinski definition) is 3. The van der Waals surface area contributed by atoms with Gasteiger partial charge in [-0.1, -0.05) is 27.5 Å². The first-order valence-electron chi connectivity index (χ1n) is 5.53. The smallest absolute Gasteiger partial charge is 0.219 e. The van der Waals surface area contributed by atoms with Gasteiger partial charge < -0.3 is 10.1 Å². The number of benzene rings is 1. The van der Waals surface area contributed by atoms with Gasteiger partial charge in [-0.2, -0.15) is 0 Å². The minimum atomic E-state index is 0.512. The molecular formula is C13H11Br2ClN2O. The van der Waals surface area contributed by atoms with Crippen LogP contribution in [0, 0.1) is 0 Å². The Kier molecular flexibility index (Phi) is 5.21. The van der Waals surface area contributed by atoms with Crippen molar-refractivity contribution in [1.82, 2.24) is 10.3 Å². The molecule has 1 aromatic carbocycles. The molecule has 1 aromatic heterocycles. The normalized spacial score (nSPS) is 10.5. The van der Waals surface area contributed by atoms with Crippen molar-refractivity contribution < 1.29 is 4.74 Å². The summed E-state index contributed by atoms with van der Waals surface area (Å²) in [4.78, 5) is 4.37. The number of nitrogens with one attached hydrogen (secondary N) is 1. The SMILES string of the molecule is CNCc1nc(Oc2ccc(Br)cc2Br)ccc1Cl. The average Bonchev–Trinajstić information content (AvgIpc) is 2.37. The van der Waals surface area contributed by atoms with E-state index in [0.29, 0.717) is 23.2 Å². The fraction of sp³-hybridized carbons (Fsp3) is 0.154. The minimum absolute atomic E-state index is 0.512. The molecule has 0 spiro atoms. The van der Waals surface area contributed by atoms with Gasteiger partial charge in [0.25, 0.3) is 0 Å². The molecular weight excluding hydrogens is 395 g/mol. The van der Waals surface area contributed by atoms with Gasteiger partial charge in [-0.05, 0) is 47.2 Å². The largest absolute Gasteiger partial charge is 0.438 e. The lowest BCUT2D eigenvalue weighted by molar-refractivity contribution is 0.457. The van der Waals surface area contributed by atoms with Crippen molar-refractivity contribution in [3.63, 3.8) is 0 Å². The van der Waals surface area contributed by atoms with E-state index in [4.69, 9.17) is 16.3 Å². The standard InChI is InChI=1S/C13H11Br2ClN2O/c1-17-7-11-10(16)3-5-13(18-11)19-12-4-2-8(14)6-9(12)15/h2-6,17H,7H2,1H3. The second-order valence-electron chi connectivity index (χ2n) is 3.79. The zero-order chi connectivity index (χ0) is 13.8. The maximum absolute atomic E-state index is 6.06. The first-order chi connectivity index (χ1) is 9.10. The molecule has 0 unspecified atom stereocenters. The Morgan fingerprint density at radius 1 is 1.26 bits per heavy atom. The summed E-state index contributed by atoms with van der Waals surface area (Å²) in [6.45, 7) is 0.595. The summed E-state index contributed by atoms with van der Waals surface area (Å²) < 4.78 is 7.57. The van der Waals surface area contributed by atoms with Crippen molar-refractivity contribution >= 4 is 43.5 Å². The summed E-state index contributed by atoms with van der Waals surface area (Å²) >= 11 is 12.9. The molecule has 0 atom stereocenters. The topological polar surface area (TPSA) is 34.2 Å². The van der Waals surface area contributed by atoms with Crippen LogP contribution in [0.15, 0.2) is 39.3 Å². The number of nitrogens with zero attached hydrogens (tertiary/aromatic N) is 1. The summed E-state index contributed by atoms with van der Waals surface area (Å²) in [5.41, 5.74) is 0.759. The molecule has 0 radical (unpaired) electrons. The predicted octanol–water partition coefficient (Wildman–Crippen LogP) is 4.77. The molecule has 0 saturated carbocycles. The van der Waals surface area contributed by atoms with Gasteiger partial charge in [0.15, 0.2) is 0 Å². The van der Waals surface area contributed by atoms with E-state index in [1.807, 2.05) is 25.2 Å². The van der Waals surface area contributed by atoms with Gasteiger partial charge in [-0.25, -0.2) is 4.98 Å². The molecule has 0 aliphatic carbocycles. The zero-order valence-corrected chi connectivity index (χ0v) is 14.0. The second-order valence-corrected chi connectivity index (χ2v) is 5.96. The second kappa shape index (κ2) is 6.70. The lowest BCUT2D eigenvalue weighted by Crippen LogP contribution is -2.07. The maximum Gasteiger partial charge on any atom is 0.219 e. The van der Waals surface area contributed by atoms with Crippen LogP contribution in [0.2, 0.25) is 5.02 Å². The highest BCUT2D eigenvalue weighted by Gasteiger charge is 2.07. The molecule has 1 N–H and O–H groups in total. The van der Waals surface area contributed by atoms with Gasteiger partial charge in [0.1, 0.15) is 5.75 Å². The zero-order valence-electron chi connectivity index (χ0n) is 10.1. The van der Waals surface area contributed by atoms with Crippen LogP contribution in [-0.4, -0.2) is 12.0 Å². The minimum Gasteiger partial charge on any atom is -0.438 e. The van der Waals surface area contributed by atoms with E-state index in [1.54, 1.807) is 12.1 Å². The molecule has 1 heterocycles.